The van der Waals surface area contributed by atoms with Gasteiger partial charge in [0.2, 0.25) is 0 Å². The lowest BCUT2D eigenvalue weighted by atomic mass is 9.90. The van der Waals surface area contributed by atoms with E-state index in [-0.39, 0.29) is 11.3 Å². The molecule has 22 heavy (non-hydrogen) atoms. The van der Waals surface area contributed by atoms with E-state index in [1.165, 1.54) is 0 Å². The zero-order valence-electron chi connectivity index (χ0n) is 12.9. The van der Waals surface area contributed by atoms with Crippen molar-refractivity contribution in [3.63, 3.8) is 0 Å². The quantitative estimate of drug-likeness (QED) is 0.935. The van der Waals surface area contributed by atoms with Gasteiger partial charge >= 0.3 is 0 Å². The topological polar surface area (TPSA) is 64.2 Å². The average Bonchev–Trinajstić information content (AvgIpc) is 3.18. The molecule has 0 spiro atoms. The van der Waals surface area contributed by atoms with Crippen molar-refractivity contribution in [1.29, 1.82) is 0 Å². The Labute approximate surface area is 130 Å². The lowest BCUT2D eigenvalue weighted by Gasteiger charge is -2.23. The van der Waals surface area contributed by atoms with Gasteiger partial charge in [-0.05, 0) is 36.1 Å². The van der Waals surface area contributed by atoms with Crippen molar-refractivity contribution >= 4 is 5.91 Å². The molecule has 2 aromatic rings. The molecule has 1 fully saturated rings. The SMILES string of the molecule is CC1(CN)CCN(C(=O)c2ccccc2Cn2cccn2)C1. The van der Waals surface area contributed by atoms with Gasteiger partial charge in [0.15, 0.2) is 0 Å². The summed E-state index contributed by atoms with van der Waals surface area (Å²) in [5, 5.41) is 4.22. The summed E-state index contributed by atoms with van der Waals surface area (Å²) in [5.41, 5.74) is 7.65. The van der Waals surface area contributed by atoms with Crippen LogP contribution in [-0.4, -0.2) is 40.2 Å². The summed E-state index contributed by atoms with van der Waals surface area (Å²) in [6.45, 7) is 4.89. The van der Waals surface area contributed by atoms with Crippen LogP contribution >= 0.6 is 0 Å². The third-order valence-electron chi connectivity index (χ3n) is 4.48. The van der Waals surface area contributed by atoms with Gasteiger partial charge in [0.1, 0.15) is 0 Å². The summed E-state index contributed by atoms with van der Waals surface area (Å²) < 4.78 is 1.83. The van der Waals surface area contributed by atoms with Crippen LogP contribution in [0.25, 0.3) is 0 Å². The minimum atomic E-state index is 0.0482. The van der Waals surface area contributed by atoms with E-state index in [1.807, 2.05) is 46.1 Å². The number of carbonyl (C=O) groups excluding carboxylic acids is 1. The maximum atomic E-state index is 12.9. The molecule has 1 aliphatic heterocycles. The summed E-state index contributed by atoms with van der Waals surface area (Å²) >= 11 is 0. The van der Waals surface area contributed by atoms with E-state index in [4.69, 9.17) is 5.73 Å². The Bertz CT molecular complexity index is 652. The molecule has 3 rings (SSSR count). The molecule has 1 aromatic heterocycles. The Morgan fingerprint density at radius 3 is 2.86 bits per heavy atom. The number of hydrogen-bond acceptors (Lipinski definition) is 3. The van der Waals surface area contributed by atoms with E-state index >= 15 is 0 Å². The molecule has 2 N–H and O–H groups in total. The highest BCUT2D eigenvalue weighted by Crippen LogP contribution is 2.30. The number of aromatic nitrogens is 2. The molecule has 1 atom stereocenters. The van der Waals surface area contributed by atoms with Crippen LogP contribution in [0.5, 0.6) is 0 Å². The number of carbonyl (C=O) groups is 1. The summed E-state index contributed by atoms with van der Waals surface area (Å²) in [6, 6.07) is 9.66. The van der Waals surface area contributed by atoms with Crippen molar-refractivity contribution < 1.29 is 4.79 Å². The van der Waals surface area contributed by atoms with Crippen LogP contribution in [-0.2, 0) is 6.54 Å². The molecule has 0 bridgehead atoms. The van der Waals surface area contributed by atoms with Crippen LogP contribution in [0, 0.1) is 5.41 Å². The zero-order chi connectivity index (χ0) is 15.6. The molecule has 5 nitrogen and oxygen atoms in total. The van der Waals surface area contributed by atoms with Crippen LogP contribution in [0.2, 0.25) is 0 Å². The number of nitrogens with two attached hydrogens (primary N) is 1. The van der Waals surface area contributed by atoms with Gasteiger partial charge in [0.05, 0.1) is 6.54 Å². The second kappa shape index (κ2) is 5.93. The predicted molar refractivity (Wildman–Crippen MR) is 85.5 cm³/mol. The highest BCUT2D eigenvalue weighted by molar-refractivity contribution is 5.96. The standard InChI is InChI=1S/C17H22N4O/c1-17(12-18)7-10-20(13-17)16(22)15-6-3-2-5-14(15)11-21-9-4-8-19-21/h2-6,8-9H,7,10-13,18H2,1H3. The Hall–Kier alpha value is -2.14. The third-order valence-corrected chi connectivity index (χ3v) is 4.48. The van der Waals surface area contributed by atoms with Gasteiger partial charge in [-0.2, -0.15) is 5.10 Å². The van der Waals surface area contributed by atoms with Crippen molar-refractivity contribution in [1.82, 2.24) is 14.7 Å². The normalized spacial score (nSPS) is 21.3. The van der Waals surface area contributed by atoms with Gasteiger partial charge in [-0.1, -0.05) is 25.1 Å². The van der Waals surface area contributed by atoms with E-state index in [0.29, 0.717) is 13.1 Å². The number of likely N-dealkylation sites (tertiary alicyclic amines) is 1. The predicted octanol–water partition coefficient (Wildman–Crippen LogP) is 1.74. The molecular formula is C17H22N4O. The number of amides is 1. The molecular weight excluding hydrogens is 276 g/mol. The van der Waals surface area contributed by atoms with Crippen LogP contribution in [0.4, 0.5) is 0 Å². The monoisotopic (exact) mass is 298 g/mol. The van der Waals surface area contributed by atoms with Crippen LogP contribution in [0.15, 0.2) is 42.7 Å². The third kappa shape index (κ3) is 2.90. The maximum absolute atomic E-state index is 12.9. The first-order chi connectivity index (χ1) is 10.6. The molecule has 0 saturated carbocycles. The van der Waals surface area contributed by atoms with E-state index in [1.54, 1.807) is 6.20 Å². The van der Waals surface area contributed by atoms with Crippen LogP contribution in [0.3, 0.4) is 0 Å². The molecule has 1 saturated heterocycles. The summed E-state index contributed by atoms with van der Waals surface area (Å²) in [6.07, 6.45) is 4.62. The minimum Gasteiger partial charge on any atom is -0.338 e. The lowest BCUT2D eigenvalue weighted by molar-refractivity contribution is 0.0775. The van der Waals surface area contributed by atoms with Crippen molar-refractivity contribution in [3.8, 4) is 0 Å². The lowest BCUT2D eigenvalue weighted by Crippen LogP contribution is -2.35. The molecule has 1 aromatic carbocycles. The number of benzene rings is 1. The van der Waals surface area contributed by atoms with Gasteiger partial charge in [-0.15, -0.1) is 0 Å². The zero-order valence-corrected chi connectivity index (χ0v) is 12.9. The number of hydrogen-bond donors (Lipinski definition) is 1. The van der Waals surface area contributed by atoms with E-state index in [0.717, 1.165) is 30.6 Å². The maximum Gasteiger partial charge on any atom is 0.254 e. The fraction of sp³-hybridized carbons (Fsp3) is 0.412. The summed E-state index contributed by atoms with van der Waals surface area (Å²) in [4.78, 5) is 14.8. The fourth-order valence-electron chi connectivity index (χ4n) is 2.97. The second-order valence-corrected chi connectivity index (χ2v) is 6.35. The van der Waals surface area contributed by atoms with Crippen molar-refractivity contribution in [2.75, 3.05) is 19.6 Å². The summed E-state index contributed by atoms with van der Waals surface area (Å²) in [5.74, 6) is 0.0972. The second-order valence-electron chi connectivity index (χ2n) is 6.35. The van der Waals surface area contributed by atoms with E-state index < -0.39 is 0 Å². The molecule has 0 aliphatic carbocycles. The van der Waals surface area contributed by atoms with Crippen LogP contribution in [0.1, 0.15) is 29.3 Å². The Balaban J connectivity index is 1.81. The fourth-order valence-corrected chi connectivity index (χ4v) is 2.97. The summed E-state index contributed by atoms with van der Waals surface area (Å²) in [7, 11) is 0. The molecule has 1 unspecified atom stereocenters. The molecule has 1 amide bonds. The van der Waals surface area contributed by atoms with Crippen molar-refractivity contribution in [2.45, 2.75) is 19.9 Å². The van der Waals surface area contributed by atoms with Gasteiger partial charge in [0, 0.05) is 31.0 Å². The molecule has 1 aliphatic rings. The first-order valence-electron chi connectivity index (χ1n) is 7.66. The largest absolute Gasteiger partial charge is 0.338 e. The van der Waals surface area contributed by atoms with Crippen molar-refractivity contribution in [2.24, 2.45) is 11.1 Å². The smallest absolute Gasteiger partial charge is 0.254 e. The number of nitrogens with zero attached hydrogens (tertiary/aromatic N) is 3. The molecule has 2 heterocycles. The van der Waals surface area contributed by atoms with E-state index in [9.17, 15) is 4.79 Å². The van der Waals surface area contributed by atoms with Gasteiger partial charge in [0.25, 0.3) is 5.91 Å². The minimum absolute atomic E-state index is 0.0482. The van der Waals surface area contributed by atoms with Crippen molar-refractivity contribution in [3.05, 3.63) is 53.9 Å². The highest BCUT2D eigenvalue weighted by Gasteiger charge is 2.35. The molecule has 5 heteroatoms. The first-order valence-corrected chi connectivity index (χ1v) is 7.66. The van der Waals surface area contributed by atoms with Gasteiger partial charge in [-0.25, -0.2) is 0 Å². The highest BCUT2D eigenvalue weighted by atomic mass is 16.2. The van der Waals surface area contributed by atoms with Crippen LogP contribution < -0.4 is 5.73 Å². The van der Waals surface area contributed by atoms with Gasteiger partial charge in [-0.3, -0.25) is 9.48 Å². The molecule has 0 radical (unpaired) electrons. The molecule has 116 valence electrons. The Morgan fingerprint density at radius 1 is 1.36 bits per heavy atom. The Morgan fingerprint density at radius 2 is 2.18 bits per heavy atom. The first kappa shape index (κ1) is 14.8. The van der Waals surface area contributed by atoms with E-state index in [2.05, 4.69) is 12.0 Å². The van der Waals surface area contributed by atoms with Gasteiger partial charge < -0.3 is 10.6 Å². The number of rotatable bonds is 4. The Kier molecular flexibility index (Phi) is 3.98. The average molecular weight is 298 g/mol.